The third-order valence-electron chi connectivity index (χ3n) is 3.51. The van der Waals surface area contributed by atoms with E-state index in [9.17, 15) is 22.8 Å². The van der Waals surface area contributed by atoms with Gasteiger partial charge in [0.05, 0.1) is 12.6 Å². The zero-order chi connectivity index (χ0) is 15.5. The van der Waals surface area contributed by atoms with Crippen molar-refractivity contribution in [1.82, 2.24) is 9.80 Å². The van der Waals surface area contributed by atoms with Crippen molar-refractivity contribution < 1.29 is 27.9 Å². The molecule has 0 saturated carbocycles. The summed E-state index contributed by atoms with van der Waals surface area (Å²) in [5.41, 5.74) is 0. The first-order valence-electron chi connectivity index (χ1n) is 6.48. The lowest BCUT2D eigenvalue weighted by Crippen LogP contribution is -2.49. The van der Waals surface area contributed by atoms with Gasteiger partial charge in [-0.2, -0.15) is 13.2 Å². The first-order chi connectivity index (χ1) is 9.15. The number of hydrogen-bond donors (Lipinski definition) is 1. The molecule has 1 rings (SSSR count). The van der Waals surface area contributed by atoms with E-state index in [1.165, 1.54) is 4.90 Å². The number of rotatable bonds is 6. The molecule has 0 aliphatic carbocycles. The van der Waals surface area contributed by atoms with Gasteiger partial charge in [-0.05, 0) is 19.8 Å². The van der Waals surface area contributed by atoms with E-state index in [0.29, 0.717) is 6.42 Å². The maximum Gasteiger partial charge on any atom is 0.406 e. The van der Waals surface area contributed by atoms with Gasteiger partial charge in [-0.15, -0.1) is 0 Å². The van der Waals surface area contributed by atoms with Gasteiger partial charge in [0.2, 0.25) is 5.91 Å². The summed E-state index contributed by atoms with van der Waals surface area (Å²) in [4.78, 5) is 25.1. The standard InChI is InChI=1S/C12H19F3N2O3/c1-3-8(2)17(6-10(18)19)9-4-5-16(11(9)20)7-12(13,14)15/h8-9H,3-7H2,1-2H3,(H,18,19). The van der Waals surface area contributed by atoms with Gasteiger partial charge in [-0.25, -0.2) is 0 Å². The van der Waals surface area contributed by atoms with E-state index in [1.807, 2.05) is 6.92 Å². The van der Waals surface area contributed by atoms with E-state index in [1.54, 1.807) is 6.92 Å². The van der Waals surface area contributed by atoms with E-state index in [4.69, 9.17) is 5.11 Å². The smallest absolute Gasteiger partial charge is 0.406 e. The van der Waals surface area contributed by atoms with Crippen molar-refractivity contribution in [3.05, 3.63) is 0 Å². The average molecular weight is 296 g/mol. The summed E-state index contributed by atoms with van der Waals surface area (Å²) in [6.45, 7) is 2.00. The lowest BCUT2D eigenvalue weighted by Gasteiger charge is -2.31. The van der Waals surface area contributed by atoms with Crippen LogP contribution in [0.4, 0.5) is 13.2 Å². The van der Waals surface area contributed by atoms with Crippen molar-refractivity contribution >= 4 is 11.9 Å². The number of carbonyl (C=O) groups is 2. The molecule has 1 amide bonds. The van der Waals surface area contributed by atoms with Crippen molar-refractivity contribution in [2.75, 3.05) is 19.6 Å². The fourth-order valence-electron chi connectivity index (χ4n) is 2.37. The molecule has 20 heavy (non-hydrogen) atoms. The highest BCUT2D eigenvalue weighted by Crippen LogP contribution is 2.24. The highest BCUT2D eigenvalue weighted by Gasteiger charge is 2.42. The molecule has 2 unspecified atom stereocenters. The Hall–Kier alpha value is -1.31. The zero-order valence-corrected chi connectivity index (χ0v) is 11.5. The van der Waals surface area contributed by atoms with Crippen LogP contribution < -0.4 is 0 Å². The van der Waals surface area contributed by atoms with Crippen LogP contribution in [0.15, 0.2) is 0 Å². The van der Waals surface area contributed by atoms with Crippen LogP contribution in [0.2, 0.25) is 0 Å². The van der Waals surface area contributed by atoms with Crippen molar-refractivity contribution in [1.29, 1.82) is 0 Å². The summed E-state index contributed by atoms with van der Waals surface area (Å²) >= 11 is 0. The summed E-state index contributed by atoms with van der Waals surface area (Å²) < 4.78 is 37.0. The molecular weight excluding hydrogens is 277 g/mol. The minimum atomic E-state index is -4.43. The molecule has 0 bridgehead atoms. The molecule has 0 aromatic rings. The van der Waals surface area contributed by atoms with Gasteiger partial charge in [0.1, 0.15) is 6.54 Å². The number of carboxylic acid groups (broad SMARTS) is 1. The second-order valence-corrected chi connectivity index (χ2v) is 5.00. The Labute approximate surface area is 115 Å². The summed E-state index contributed by atoms with van der Waals surface area (Å²) in [6.07, 6.45) is -3.58. The van der Waals surface area contributed by atoms with Gasteiger partial charge >= 0.3 is 12.1 Å². The summed E-state index contributed by atoms with van der Waals surface area (Å²) in [7, 11) is 0. The predicted octanol–water partition coefficient (Wildman–Crippen LogP) is 1.33. The molecule has 1 N–H and O–H groups in total. The van der Waals surface area contributed by atoms with Crippen LogP contribution in [0.1, 0.15) is 26.7 Å². The number of amides is 1. The van der Waals surface area contributed by atoms with E-state index in [2.05, 4.69) is 0 Å². The van der Waals surface area contributed by atoms with Crippen molar-refractivity contribution in [3.63, 3.8) is 0 Å². The average Bonchev–Trinajstić information content (AvgIpc) is 2.65. The fourth-order valence-corrected chi connectivity index (χ4v) is 2.37. The molecule has 116 valence electrons. The molecule has 2 atom stereocenters. The number of nitrogens with zero attached hydrogens (tertiary/aromatic N) is 2. The Morgan fingerprint density at radius 2 is 2.15 bits per heavy atom. The molecule has 1 aliphatic rings. The van der Waals surface area contributed by atoms with Crippen molar-refractivity contribution in [2.45, 2.75) is 44.9 Å². The fraction of sp³-hybridized carbons (Fsp3) is 0.833. The van der Waals surface area contributed by atoms with Gasteiger partial charge in [0, 0.05) is 12.6 Å². The topological polar surface area (TPSA) is 60.9 Å². The SMILES string of the molecule is CCC(C)N(CC(=O)O)C1CCN(CC(F)(F)F)C1=O. The molecule has 5 nitrogen and oxygen atoms in total. The number of aliphatic carboxylic acids is 1. The lowest BCUT2D eigenvalue weighted by molar-refractivity contribution is -0.160. The largest absolute Gasteiger partial charge is 0.480 e. The second-order valence-electron chi connectivity index (χ2n) is 5.00. The first kappa shape index (κ1) is 16.7. The zero-order valence-electron chi connectivity index (χ0n) is 11.5. The maximum atomic E-state index is 12.3. The van der Waals surface area contributed by atoms with Gasteiger partial charge in [-0.3, -0.25) is 14.5 Å². The Morgan fingerprint density at radius 1 is 1.55 bits per heavy atom. The highest BCUT2D eigenvalue weighted by atomic mass is 19.4. The van der Waals surface area contributed by atoms with Gasteiger partial charge in [0.15, 0.2) is 0 Å². The normalized spacial score (nSPS) is 21.6. The molecule has 0 aromatic heterocycles. The van der Waals surface area contributed by atoms with Crippen LogP contribution in [0.5, 0.6) is 0 Å². The molecular formula is C12H19F3N2O3. The molecule has 0 aromatic carbocycles. The summed E-state index contributed by atoms with van der Waals surface area (Å²) in [5, 5.41) is 8.88. The number of hydrogen-bond acceptors (Lipinski definition) is 3. The van der Waals surface area contributed by atoms with Crippen LogP contribution in [0.25, 0.3) is 0 Å². The summed E-state index contributed by atoms with van der Waals surface area (Å²) in [6, 6.07) is -0.950. The monoisotopic (exact) mass is 296 g/mol. The molecule has 1 aliphatic heterocycles. The van der Waals surface area contributed by atoms with Gasteiger partial charge in [0.25, 0.3) is 0 Å². The number of halogens is 3. The minimum Gasteiger partial charge on any atom is -0.480 e. The Bertz CT molecular complexity index is 373. The molecule has 0 radical (unpaired) electrons. The third-order valence-corrected chi connectivity index (χ3v) is 3.51. The lowest BCUT2D eigenvalue weighted by atomic mass is 10.1. The van der Waals surface area contributed by atoms with Crippen LogP contribution in [-0.4, -0.2) is 64.7 Å². The highest BCUT2D eigenvalue weighted by molar-refractivity contribution is 5.84. The maximum absolute atomic E-state index is 12.3. The second kappa shape index (κ2) is 6.43. The van der Waals surface area contributed by atoms with Gasteiger partial charge in [-0.1, -0.05) is 6.92 Å². The number of likely N-dealkylation sites (tertiary alicyclic amines) is 1. The minimum absolute atomic E-state index is 0.00949. The van der Waals surface area contributed by atoms with Crippen LogP contribution in [-0.2, 0) is 9.59 Å². The Balaban J connectivity index is 2.79. The van der Waals surface area contributed by atoms with Crippen molar-refractivity contribution in [2.24, 2.45) is 0 Å². The number of carbonyl (C=O) groups excluding carboxylic acids is 1. The third kappa shape index (κ3) is 4.36. The van der Waals surface area contributed by atoms with Crippen molar-refractivity contribution in [3.8, 4) is 0 Å². The molecule has 1 fully saturated rings. The predicted molar refractivity (Wildman–Crippen MR) is 65.1 cm³/mol. The Morgan fingerprint density at radius 3 is 2.60 bits per heavy atom. The number of carboxylic acids is 1. The van der Waals surface area contributed by atoms with Crippen LogP contribution in [0.3, 0.4) is 0 Å². The molecule has 8 heteroatoms. The first-order valence-corrected chi connectivity index (χ1v) is 6.48. The van der Waals surface area contributed by atoms with E-state index >= 15 is 0 Å². The van der Waals surface area contributed by atoms with E-state index in [-0.39, 0.29) is 25.6 Å². The van der Waals surface area contributed by atoms with Crippen LogP contribution >= 0.6 is 0 Å². The molecule has 1 saturated heterocycles. The quantitative estimate of drug-likeness (QED) is 0.803. The van der Waals surface area contributed by atoms with E-state index in [0.717, 1.165) is 4.90 Å². The summed E-state index contributed by atoms with van der Waals surface area (Å²) in [5.74, 6) is -1.73. The van der Waals surface area contributed by atoms with E-state index < -0.39 is 30.6 Å². The number of alkyl halides is 3. The Kier molecular flexibility index (Phi) is 5.38. The van der Waals surface area contributed by atoms with Crippen LogP contribution in [0, 0.1) is 0 Å². The molecule has 1 heterocycles. The van der Waals surface area contributed by atoms with Gasteiger partial charge < -0.3 is 10.0 Å². The molecule has 0 spiro atoms.